The van der Waals surface area contributed by atoms with Crippen molar-refractivity contribution in [2.24, 2.45) is 5.92 Å². The van der Waals surface area contributed by atoms with Gasteiger partial charge in [-0.1, -0.05) is 0 Å². The molecule has 0 aromatic carbocycles. The first-order chi connectivity index (χ1) is 12.1. The number of carbonyl (C=O) groups excluding carboxylic acids is 1. The molecular weight excluding hydrogens is 316 g/mol. The quantitative estimate of drug-likeness (QED) is 0.822. The normalized spacial score (nSPS) is 26.5. The average molecular weight is 346 g/mol. The Morgan fingerprint density at radius 1 is 1.24 bits per heavy atom. The van der Waals surface area contributed by atoms with Gasteiger partial charge >= 0.3 is 0 Å². The molecule has 5 nitrogen and oxygen atoms in total. The summed E-state index contributed by atoms with van der Waals surface area (Å²) in [6.45, 7) is 5.38. The highest BCUT2D eigenvalue weighted by Crippen LogP contribution is 2.41. The number of carbonyl (C=O) groups is 1. The van der Waals surface area contributed by atoms with Gasteiger partial charge in [0, 0.05) is 36.8 Å². The zero-order valence-corrected chi connectivity index (χ0v) is 15.5. The van der Waals surface area contributed by atoms with E-state index in [1.165, 1.54) is 25.7 Å². The van der Waals surface area contributed by atoms with Crippen molar-refractivity contribution in [3.8, 4) is 0 Å². The van der Waals surface area contributed by atoms with Crippen LogP contribution in [-0.2, 0) is 4.74 Å². The third-order valence-corrected chi connectivity index (χ3v) is 6.64. The molecule has 0 radical (unpaired) electrons. The minimum absolute atomic E-state index is 0.0438. The molecule has 3 heterocycles. The van der Waals surface area contributed by atoms with E-state index in [4.69, 9.17) is 9.15 Å². The lowest BCUT2D eigenvalue weighted by Crippen LogP contribution is -2.54. The van der Waals surface area contributed by atoms with E-state index in [0.717, 1.165) is 50.6 Å². The zero-order chi connectivity index (χ0) is 17.4. The second-order valence-corrected chi connectivity index (χ2v) is 8.23. The number of hydrogen-bond donors (Lipinski definition) is 0. The summed E-state index contributed by atoms with van der Waals surface area (Å²) in [5.74, 6) is 1.38. The number of furan rings is 1. The molecule has 3 aliphatic rings. The van der Waals surface area contributed by atoms with Gasteiger partial charge in [-0.05, 0) is 64.5 Å². The van der Waals surface area contributed by atoms with Crippen LogP contribution in [0.4, 0.5) is 0 Å². The minimum atomic E-state index is 0.0438. The van der Waals surface area contributed by atoms with Gasteiger partial charge in [-0.2, -0.15) is 0 Å². The molecule has 4 rings (SSSR count). The monoisotopic (exact) mass is 346 g/mol. The van der Waals surface area contributed by atoms with Crippen LogP contribution >= 0.6 is 0 Å². The molecule has 1 spiro atoms. The first kappa shape index (κ1) is 17.1. The van der Waals surface area contributed by atoms with E-state index in [-0.39, 0.29) is 11.4 Å². The van der Waals surface area contributed by atoms with E-state index < -0.39 is 0 Å². The summed E-state index contributed by atoms with van der Waals surface area (Å²) in [4.78, 5) is 17.2. The highest BCUT2D eigenvalue weighted by atomic mass is 16.5. The number of ether oxygens (including phenoxy) is 1. The first-order valence-electron chi connectivity index (χ1n) is 9.73. The summed E-state index contributed by atoms with van der Waals surface area (Å²) >= 11 is 0. The van der Waals surface area contributed by atoms with E-state index in [0.29, 0.717) is 11.8 Å². The van der Waals surface area contributed by atoms with Gasteiger partial charge in [0.05, 0.1) is 12.9 Å². The minimum Gasteiger partial charge on any atom is -0.459 e. The van der Waals surface area contributed by atoms with Gasteiger partial charge in [0.25, 0.3) is 5.91 Å². The largest absolute Gasteiger partial charge is 0.459 e. The third-order valence-electron chi connectivity index (χ3n) is 6.64. The Hall–Kier alpha value is -1.33. The van der Waals surface area contributed by atoms with Gasteiger partial charge in [-0.15, -0.1) is 0 Å². The summed E-state index contributed by atoms with van der Waals surface area (Å²) in [5, 5.41) is 0. The Morgan fingerprint density at radius 3 is 2.64 bits per heavy atom. The molecule has 0 bridgehead atoms. The number of likely N-dealkylation sites (tertiary alicyclic amines) is 2. The fraction of sp³-hybridized carbons (Fsp3) is 0.750. The molecular formula is C20H30N2O3. The van der Waals surface area contributed by atoms with Crippen molar-refractivity contribution < 1.29 is 13.9 Å². The van der Waals surface area contributed by atoms with Crippen LogP contribution in [0.1, 0.15) is 54.6 Å². The maximum atomic E-state index is 12.6. The molecule has 1 unspecified atom stereocenters. The van der Waals surface area contributed by atoms with Crippen molar-refractivity contribution >= 4 is 5.91 Å². The predicted molar refractivity (Wildman–Crippen MR) is 95.6 cm³/mol. The van der Waals surface area contributed by atoms with Crippen molar-refractivity contribution in [2.75, 3.05) is 33.4 Å². The fourth-order valence-electron chi connectivity index (χ4n) is 4.51. The first-order valence-corrected chi connectivity index (χ1v) is 9.73. The fourth-order valence-corrected chi connectivity index (χ4v) is 4.51. The van der Waals surface area contributed by atoms with Crippen molar-refractivity contribution in [2.45, 2.75) is 57.0 Å². The van der Waals surface area contributed by atoms with Crippen LogP contribution in [0.5, 0.6) is 0 Å². The molecule has 1 amide bonds. The van der Waals surface area contributed by atoms with Gasteiger partial charge in [-0.25, -0.2) is 0 Å². The maximum Gasteiger partial charge on any atom is 0.289 e. The average Bonchev–Trinajstić information content (AvgIpc) is 3.28. The molecule has 1 aromatic rings. The van der Waals surface area contributed by atoms with E-state index >= 15 is 0 Å². The molecule has 25 heavy (non-hydrogen) atoms. The molecule has 138 valence electrons. The standard InChI is InChI=1S/C20H30N2O3/c1-15-6-12-25-18(15)19(23)22-10-8-20(9-11-22)7-5-17(21(20)2)14-24-13-16-3-4-16/h6,12,16-17H,3-5,7-11,13-14H2,1-2H3. The molecule has 2 saturated heterocycles. The van der Waals surface area contributed by atoms with Gasteiger partial charge in [0.1, 0.15) is 0 Å². The van der Waals surface area contributed by atoms with E-state index in [2.05, 4.69) is 11.9 Å². The molecule has 0 N–H and O–H groups in total. The predicted octanol–water partition coefficient (Wildman–Crippen LogP) is 3.08. The van der Waals surface area contributed by atoms with Gasteiger partial charge in [0.2, 0.25) is 0 Å². The lowest BCUT2D eigenvalue weighted by Gasteiger charge is -2.44. The number of amides is 1. The van der Waals surface area contributed by atoms with Crippen LogP contribution < -0.4 is 0 Å². The van der Waals surface area contributed by atoms with Gasteiger partial charge < -0.3 is 14.1 Å². The summed E-state index contributed by atoms with van der Waals surface area (Å²) in [5.41, 5.74) is 1.18. The molecule has 5 heteroatoms. The second kappa shape index (κ2) is 6.76. The molecule has 1 aliphatic carbocycles. The SMILES string of the molecule is Cc1ccoc1C(=O)N1CCC2(CCC(COCC3CC3)N2C)CC1. The number of likely N-dealkylation sites (N-methyl/N-ethyl adjacent to an activating group) is 1. The highest BCUT2D eigenvalue weighted by molar-refractivity contribution is 5.92. The van der Waals surface area contributed by atoms with E-state index in [9.17, 15) is 4.79 Å². The number of aryl methyl sites for hydroxylation is 1. The van der Waals surface area contributed by atoms with Crippen LogP contribution in [0.3, 0.4) is 0 Å². The number of rotatable bonds is 5. The lowest BCUT2D eigenvalue weighted by atomic mass is 9.85. The lowest BCUT2D eigenvalue weighted by molar-refractivity contribution is 0.0164. The second-order valence-electron chi connectivity index (χ2n) is 8.23. The van der Waals surface area contributed by atoms with Crippen LogP contribution in [0, 0.1) is 12.8 Å². The van der Waals surface area contributed by atoms with Crippen molar-refractivity contribution in [1.82, 2.24) is 9.80 Å². The topological polar surface area (TPSA) is 45.9 Å². The molecule has 3 fully saturated rings. The van der Waals surface area contributed by atoms with Crippen molar-refractivity contribution in [3.05, 3.63) is 23.7 Å². The Kier molecular flexibility index (Phi) is 4.63. The summed E-state index contributed by atoms with van der Waals surface area (Å²) in [7, 11) is 2.26. The molecule has 1 saturated carbocycles. The Morgan fingerprint density at radius 2 is 2.00 bits per heavy atom. The highest BCUT2D eigenvalue weighted by Gasteiger charge is 2.46. The Bertz CT molecular complexity index is 614. The van der Waals surface area contributed by atoms with Crippen molar-refractivity contribution in [3.63, 3.8) is 0 Å². The summed E-state index contributed by atoms with van der Waals surface area (Å²) < 4.78 is 11.3. The molecule has 2 aliphatic heterocycles. The van der Waals surface area contributed by atoms with Crippen LogP contribution in [0.15, 0.2) is 16.7 Å². The number of nitrogens with zero attached hydrogens (tertiary/aromatic N) is 2. The van der Waals surface area contributed by atoms with Gasteiger partial charge in [0.15, 0.2) is 5.76 Å². The van der Waals surface area contributed by atoms with Gasteiger partial charge in [-0.3, -0.25) is 9.69 Å². The number of hydrogen-bond acceptors (Lipinski definition) is 4. The summed E-state index contributed by atoms with van der Waals surface area (Å²) in [6, 6.07) is 2.39. The summed E-state index contributed by atoms with van der Waals surface area (Å²) in [6.07, 6.45) is 8.84. The van der Waals surface area contributed by atoms with Crippen LogP contribution in [0.25, 0.3) is 0 Å². The smallest absolute Gasteiger partial charge is 0.289 e. The van der Waals surface area contributed by atoms with Crippen LogP contribution in [0.2, 0.25) is 0 Å². The zero-order valence-electron chi connectivity index (χ0n) is 15.5. The third kappa shape index (κ3) is 3.36. The Balaban J connectivity index is 1.31. The number of piperidine rings is 1. The molecule has 1 atom stereocenters. The van der Waals surface area contributed by atoms with Crippen LogP contribution in [-0.4, -0.2) is 60.6 Å². The molecule has 1 aromatic heterocycles. The van der Waals surface area contributed by atoms with E-state index in [1.807, 2.05) is 17.9 Å². The Labute approximate surface area is 150 Å². The maximum absolute atomic E-state index is 12.6. The van der Waals surface area contributed by atoms with Crippen molar-refractivity contribution in [1.29, 1.82) is 0 Å². The van der Waals surface area contributed by atoms with E-state index in [1.54, 1.807) is 6.26 Å².